The second-order valence-electron chi connectivity index (χ2n) is 9.18. The number of alkyl halides is 3. The van der Waals surface area contributed by atoms with E-state index in [9.17, 15) is 18.0 Å². The molecule has 0 spiro atoms. The highest BCUT2D eigenvalue weighted by Crippen LogP contribution is 2.36. The normalized spacial score (nSPS) is 22.3. The first-order valence-corrected chi connectivity index (χ1v) is 11.6. The minimum atomic E-state index is -4.15. The van der Waals surface area contributed by atoms with Gasteiger partial charge in [0, 0.05) is 54.2 Å². The number of pyridine rings is 1. The van der Waals surface area contributed by atoms with Crippen molar-refractivity contribution in [1.82, 2.24) is 25.2 Å². The number of amides is 1. The molecule has 34 heavy (non-hydrogen) atoms. The molecule has 3 atom stereocenters. The minimum Gasteiger partial charge on any atom is -0.336 e. The third-order valence-corrected chi connectivity index (χ3v) is 6.83. The SMILES string of the molecule is O=C(Cc1cc2cc(-c3cnccn3)ccc2cn1)N1[C@@H]2CC[C@H]1CC(NCCC(F)(F)F)C2. The van der Waals surface area contributed by atoms with Crippen molar-refractivity contribution in [3.8, 4) is 11.3 Å². The molecule has 2 bridgehead atoms. The molecule has 1 unspecified atom stereocenters. The molecule has 1 amide bonds. The standard InChI is InChI=1S/C25H26F3N5O/c26-25(27,28)5-6-30-20-11-21-3-4-22(12-20)33(21)24(34)13-19-10-18-9-16(1-2-17(18)14-32-19)23-15-29-7-8-31-23/h1-2,7-10,14-15,20-22,30H,3-6,11-13H2/t20?,21-,22+. The van der Waals surface area contributed by atoms with Crippen LogP contribution in [0.2, 0.25) is 0 Å². The number of nitrogens with zero attached hydrogens (tertiary/aromatic N) is 4. The van der Waals surface area contributed by atoms with Crippen LogP contribution < -0.4 is 5.32 Å². The van der Waals surface area contributed by atoms with Crippen molar-refractivity contribution >= 4 is 16.7 Å². The maximum Gasteiger partial charge on any atom is 0.390 e. The highest BCUT2D eigenvalue weighted by molar-refractivity contribution is 5.87. The van der Waals surface area contributed by atoms with Crippen LogP contribution in [0.1, 0.15) is 37.8 Å². The fraction of sp³-hybridized carbons (Fsp3) is 0.440. The predicted octanol–water partition coefficient (Wildman–Crippen LogP) is 4.30. The lowest BCUT2D eigenvalue weighted by Gasteiger charge is -2.39. The molecule has 4 heterocycles. The molecular formula is C25H26F3N5O. The van der Waals surface area contributed by atoms with E-state index in [1.807, 2.05) is 29.2 Å². The van der Waals surface area contributed by atoms with Gasteiger partial charge in [-0.3, -0.25) is 19.7 Å². The molecule has 2 saturated heterocycles. The molecule has 3 aromatic rings. The summed E-state index contributed by atoms with van der Waals surface area (Å²) < 4.78 is 37.4. The van der Waals surface area contributed by atoms with E-state index in [1.54, 1.807) is 24.8 Å². The van der Waals surface area contributed by atoms with E-state index in [0.29, 0.717) is 18.5 Å². The monoisotopic (exact) mass is 469 g/mol. The molecule has 178 valence electrons. The van der Waals surface area contributed by atoms with E-state index in [-0.39, 0.29) is 37.0 Å². The van der Waals surface area contributed by atoms with Crippen LogP contribution in [0.4, 0.5) is 13.2 Å². The van der Waals surface area contributed by atoms with Gasteiger partial charge in [-0.05, 0) is 43.2 Å². The summed E-state index contributed by atoms with van der Waals surface area (Å²) in [5.74, 6) is 0.0400. The first-order valence-electron chi connectivity index (χ1n) is 11.6. The Morgan fingerprint density at radius 1 is 1.03 bits per heavy atom. The van der Waals surface area contributed by atoms with Crippen LogP contribution in [-0.2, 0) is 11.2 Å². The second kappa shape index (κ2) is 9.29. The summed E-state index contributed by atoms with van der Waals surface area (Å²) >= 11 is 0. The molecule has 1 aromatic carbocycles. The van der Waals surface area contributed by atoms with Gasteiger partial charge in [-0.2, -0.15) is 13.2 Å². The summed E-state index contributed by atoms with van der Waals surface area (Å²) in [5, 5.41) is 5.01. The Labute approximate surface area is 195 Å². The number of fused-ring (bicyclic) bond motifs is 3. The zero-order valence-corrected chi connectivity index (χ0v) is 18.6. The van der Waals surface area contributed by atoms with E-state index in [4.69, 9.17) is 0 Å². The van der Waals surface area contributed by atoms with E-state index in [1.165, 1.54) is 0 Å². The third kappa shape index (κ3) is 5.04. The summed E-state index contributed by atoms with van der Waals surface area (Å²) in [4.78, 5) is 28.1. The fourth-order valence-electron chi connectivity index (χ4n) is 5.31. The fourth-order valence-corrected chi connectivity index (χ4v) is 5.31. The maximum absolute atomic E-state index is 13.2. The third-order valence-electron chi connectivity index (χ3n) is 6.83. The van der Waals surface area contributed by atoms with Crippen LogP contribution in [0.3, 0.4) is 0 Å². The maximum atomic E-state index is 13.2. The van der Waals surface area contributed by atoms with Crippen LogP contribution in [0.5, 0.6) is 0 Å². The van der Waals surface area contributed by atoms with E-state index < -0.39 is 12.6 Å². The lowest BCUT2D eigenvalue weighted by molar-refractivity contribution is -0.135. The summed E-state index contributed by atoms with van der Waals surface area (Å²) in [6.45, 7) is -0.0703. The summed E-state index contributed by atoms with van der Waals surface area (Å²) in [6, 6.07) is 8.12. The van der Waals surface area contributed by atoms with Gasteiger partial charge >= 0.3 is 6.18 Å². The topological polar surface area (TPSA) is 71.0 Å². The van der Waals surface area contributed by atoms with Gasteiger partial charge in [0.05, 0.1) is 30.4 Å². The summed E-state index contributed by atoms with van der Waals surface area (Å²) in [6.07, 6.45) is 5.23. The van der Waals surface area contributed by atoms with Crippen molar-refractivity contribution in [2.75, 3.05) is 6.54 Å². The Balaban J connectivity index is 1.25. The Morgan fingerprint density at radius 2 is 1.82 bits per heavy atom. The van der Waals surface area contributed by atoms with E-state index in [2.05, 4.69) is 20.3 Å². The van der Waals surface area contributed by atoms with Gasteiger partial charge < -0.3 is 10.2 Å². The van der Waals surface area contributed by atoms with Crippen LogP contribution in [0.25, 0.3) is 22.0 Å². The number of piperidine rings is 1. The number of benzene rings is 1. The van der Waals surface area contributed by atoms with Crippen molar-refractivity contribution < 1.29 is 18.0 Å². The molecule has 1 N–H and O–H groups in total. The van der Waals surface area contributed by atoms with E-state index >= 15 is 0 Å². The molecule has 2 aliphatic heterocycles. The first-order chi connectivity index (χ1) is 16.4. The highest BCUT2D eigenvalue weighted by Gasteiger charge is 2.43. The number of hydrogen-bond donors (Lipinski definition) is 1. The number of halogens is 3. The van der Waals surface area contributed by atoms with Crippen molar-refractivity contribution in [3.63, 3.8) is 0 Å². The Morgan fingerprint density at radius 3 is 2.53 bits per heavy atom. The molecule has 2 aliphatic rings. The summed E-state index contributed by atoms with van der Waals surface area (Å²) in [5.41, 5.74) is 2.43. The van der Waals surface area contributed by atoms with E-state index in [0.717, 1.165) is 34.9 Å². The van der Waals surface area contributed by atoms with Gasteiger partial charge in [-0.1, -0.05) is 12.1 Å². The number of rotatable bonds is 6. The molecule has 9 heteroatoms. The van der Waals surface area contributed by atoms with Crippen molar-refractivity contribution in [2.24, 2.45) is 0 Å². The van der Waals surface area contributed by atoms with Crippen molar-refractivity contribution in [2.45, 2.75) is 62.8 Å². The minimum absolute atomic E-state index is 0.0298. The average Bonchev–Trinajstić information content (AvgIpc) is 3.09. The number of nitrogens with one attached hydrogen (secondary N) is 1. The average molecular weight is 470 g/mol. The van der Waals surface area contributed by atoms with Crippen LogP contribution in [-0.4, -0.2) is 56.6 Å². The highest BCUT2D eigenvalue weighted by atomic mass is 19.4. The van der Waals surface area contributed by atoms with Crippen molar-refractivity contribution in [3.05, 3.63) is 54.7 Å². The molecule has 2 aromatic heterocycles. The zero-order valence-electron chi connectivity index (χ0n) is 18.6. The quantitative estimate of drug-likeness (QED) is 0.583. The van der Waals surface area contributed by atoms with Gasteiger partial charge in [0.15, 0.2) is 0 Å². The number of carbonyl (C=O) groups excluding carboxylic acids is 1. The lowest BCUT2D eigenvalue weighted by Crippen LogP contribution is -2.52. The molecule has 6 nitrogen and oxygen atoms in total. The lowest BCUT2D eigenvalue weighted by atomic mass is 9.96. The molecule has 0 aliphatic carbocycles. The van der Waals surface area contributed by atoms with Crippen LogP contribution in [0, 0.1) is 0 Å². The Kier molecular flexibility index (Phi) is 6.20. The zero-order chi connectivity index (χ0) is 23.7. The largest absolute Gasteiger partial charge is 0.390 e. The second-order valence-corrected chi connectivity index (χ2v) is 9.18. The molecule has 0 radical (unpaired) electrons. The Bertz CT molecular complexity index is 1160. The molecule has 2 fully saturated rings. The summed E-state index contributed by atoms with van der Waals surface area (Å²) in [7, 11) is 0. The molecule has 0 saturated carbocycles. The van der Waals surface area contributed by atoms with Crippen LogP contribution >= 0.6 is 0 Å². The van der Waals surface area contributed by atoms with Gasteiger partial charge in [-0.25, -0.2) is 0 Å². The van der Waals surface area contributed by atoms with Gasteiger partial charge in [0.1, 0.15) is 0 Å². The van der Waals surface area contributed by atoms with Crippen molar-refractivity contribution in [1.29, 1.82) is 0 Å². The Hall–Kier alpha value is -3.07. The van der Waals surface area contributed by atoms with Gasteiger partial charge in [-0.15, -0.1) is 0 Å². The van der Waals surface area contributed by atoms with Gasteiger partial charge in [0.25, 0.3) is 0 Å². The first kappa shape index (κ1) is 22.7. The number of hydrogen-bond acceptors (Lipinski definition) is 5. The predicted molar refractivity (Wildman–Crippen MR) is 122 cm³/mol. The number of aromatic nitrogens is 3. The molecular weight excluding hydrogens is 443 g/mol. The van der Waals surface area contributed by atoms with Gasteiger partial charge in [0.2, 0.25) is 5.91 Å². The molecule has 5 rings (SSSR count). The number of carbonyl (C=O) groups is 1. The van der Waals surface area contributed by atoms with Crippen LogP contribution in [0.15, 0.2) is 49.1 Å². The smallest absolute Gasteiger partial charge is 0.336 e.